The molecule has 0 saturated heterocycles. The molecule has 3 nitrogen and oxygen atoms in total. The summed E-state index contributed by atoms with van der Waals surface area (Å²) in [6, 6.07) is 8.46. The van der Waals surface area contributed by atoms with Gasteiger partial charge in [0.05, 0.1) is 5.69 Å². The van der Waals surface area contributed by atoms with E-state index in [1.54, 1.807) is 0 Å². The van der Waals surface area contributed by atoms with E-state index in [1.165, 1.54) is 16.7 Å². The van der Waals surface area contributed by atoms with Crippen molar-refractivity contribution in [3.8, 4) is 11.3 Å². The Hall–Kier alpha value is -1.61. The first-order chi connectivity index (χ1) is 7.72. The van der Waals surface area contributed by atoms with Crippen LogP contribution in [-0.4, -0.2) is 17.2 Å². The minimum atomic E-state index is 0.839. The van der Waals surface area contributed by atoms with Gasteiger partial charge in [0.25, 0.3) is 0 Å². The summed E-state index contributed by atoms with van der Waals surface area (Å²) in [4.78, 5) is 0. The fourth-order valence-corrected chi connectivity index (χ4v) is 1.80. The van der Waals surface area contributed by atoms with Gasteiger partial charge in [0.1, 0.15) is 0 Å². The summed E-state index contributed by atoms with van der Waals surface area (Å²) in [5, 5.41) is 10.6. The van der Waals surface area contributed by atoms with Gasteiger partial charge in [-0.3, -0.25) is 5.10 Å². The molecule has 1 aromatic carbocycles. The summed E-state index contributed by atoms with van der Waals surface area (Å²) in [7, 11) is 1.95. The average Bonchev–Trinajstić information content (AvgIpc) is 2.63. The lowest BCUT2D eigenvalue weighted by molar-refractivity contribution is 0.813. The third kappa shape index (κ3) is 1.99. The quantitative estimate of drug-likeness (QED) is 0.825. The van der Waals surface area contributed by atoms with Crippen molar-refractivity contribution in [2.45, 2.75) is 20.4 Å². The van der Waals surface area contributed by atoms with Crippen molar-refractivity contribution in [1.82, 2.24) is 15.5 Å². The van der Waals surface area contributed by atoms with E-state index >= 15 is 0 Å². The van der Waals surface area contributed by atoms with E-state index in [0.717, 1.165) is 17.9 Å². The van der Waals surface area contributed by atoms with Crippen LogP contribution in [0.4, 0.5) is 0 Å². The van der Waals surface area contributed by atoms with Gasteiger partial charge < -0.3 is 5.32 Å². The van der Waals surface area contributed by atoms with Crippen LogP contribution in [0.1, 0.15) is 16.8 Å². The maximum Gasteiger partial charge on any atom is 0.0968 e. The molecule has 0 fully saturated rings. The molecule has 0 bridgehead atoms. The SMILES string of the molecule is CNCc1c(-c2ccc(C)cc2)n[nH]c1C. The molecule has 0 aliphatic carbocycles. The van der Waals surface area contributed by atoms with Gasteiger partial charge in [0, 0.05) is 23.4 Å². The predicted octanol–water partition coefficient (Wildman–Crippen LogP) is 2.41. The lowest BCUT2D eigenvalue weighted by Gasteiger charge is -2.03. The van der Waals surface area contributed by atoms with Gasteiger partial charge in [-0.2, -0.15) is 5.10 Å². The van der Waals surface area contributed by atoms with Gasteiger partial charge in [-0.25, -0.2) is 0 Å². The Balaban J connectivity index is 2.43. The van der Waals surface area contributed by atoms with Gasteiger partial charge in [-0.1, -0.05) is 29.8 Å². The first-order valence-electron chi connectivity index (χ1n) is 5.48. The molecule has 1 heterocycles. The third-order valence-electron chi connectivity index (χ3n) is 2.75. The Bertz CT molecular complexity index is 468. The molecule has 16 heavy (non-hydrogen) atoms. The summed E-state index contributed by atoms with van der Waals surface area (Å²) < 4.78 is 0. The molecule has 0 radical (unpaired) electrons. The van der Waals surface area contributed by atoms with Crippen LogP contribution < -0.4 is 5.32 Å². The van der Waals surface area contributed by atoms with Crippen molar-refractivity contribution in [3.05, 3.63) is 41.1 Å². The van der Waals surface area contributed by atoms with Crippen molar-refractivity contribution in [2.24, 2.45) is 0 Å². The Labute approximate surface area is 95.9 Å². The second-order valence-corrected chi connectivity index (χ2v) is 4.07. The molecule has 0 atom stereocenters. The van der Waals surface area contributed by atoms with Crippen molar-refractivity contribution in [3.63, 3.8) is 0 Å². The zero-order valence-electron chi connectivity index (χ0n) is 9.96. The van der Waals surface area contributed by atoms with Crippen molar-refractivity contribution in [1.29, 1.82) is 0 Å². The number of aromatic nitrogens is 2. The van der Waals surface area contributed by atoms with Crippen LogP contribution in [0.15, 0.2) is 24.3 Å². The molecule has 0 aliphatic rings. The van der Waals surface area contributed by atoms with Crippen molar-refractivity contribution >= 4 is 0 Å². The van der Waals surface area contributed by atoms with Crippen LogP contribution in [0, 0.1) is 13.8 Å². The summed E-state index contributed by atoms with van der Waals surface area (Å²) in [6.07, 6.45) is 0. The smallest absolute Gasteiger partial charge is 0.0968 e. The zero-order valence-corrected chi connectivity index (χ0v) is 9.96. The summed E-state index contributed by atoms with van der Waals surface area (Å²) >= 11 is 0. The van der Waals surface area contributed by atoms with Crippen LogP contribution in [-0.2, 0) is 6.54 Å². The molecule has 2 rings (SSSR count). The molecule has 2 N–H and O–H groups in total. The lowest BCUT2D eigenvalue weighted by Crippen LogP contribution is -2.06. The molecule has 0 saturated carbocycles. The molecule has 84 valence electrons. The van der Waals surface area contributed by atoms with E-state index < -0.39 is 0 Å². The maximum absolute atomic E-state index is 4.37. The molecule has 0 aliphatic heterocycles. The highest BCUT2D eigenvalue weighted by molar-refractivity contribution is 5.64. The minimum Gasteiger partial charge on any atom is -0.316 e. The molecule has 3 heteroatoms. The molecule has 1 aromatic heterocycles. The number of H-pyrrole nitrogens is 1. The fourth-order valence-electron chi connectivity index (χ4n) is 1.80. The number of nitrogens with one attached hydrogen (secondary N) is 2. The second-order valence-electron chi connectivity index (χ2n) is 4.07. The van der Waals surface area contributed by atoms with E-state index in [1.807, 2.05) is 7.05 Å². The first kappa shape index (κ1) is 10.9. The lowest BCUT2D eigenvalue weighted by atomic mass is 10.0. The van der Waals surface area contributed by atoms with Gasteiger partial charge in [-0.05, 0) is 20.9 Å². The minimum absolute atomic E-state index is 0.839. The van der Waals surface area contributed by atoms with E-state index in [-0.39, 0.29) is 0 Å². The number of rotatable bonds is 3. The fraction of sp³-hybridized carbons (Fsp3) is 0.308. The van der Waals surface area contributed by atoms with Crippen LogP contribution >= 0.6 is 0 Å². The van der Waals surface area contributed by atoms with E-state index in [9.17, 15) is 0 Å². The normalized spacial score (nSPS) is 10.7. The number of benzene rings is 1. The first-order valence-corrected chi connectivity index (χ1v) is 5.48. The second kappa shape index (κ2) is 4.49. The monoisotopic (exact) mass is 215 g/mol. The van der Waals surface area contributed by atoms with Gasteiger partial charge in [-0.15, -0.1) is 0 Å². The third-order valence-corrected chi connectivity index (χ3v) is 2.75. The number of nitrogens with zero attached hydrogens (tertiary/aromatic N) is 1. The topological polar surface area (TPSA) is 40.7 Å². The molecule has 0 unspecified atom stereocenters. The van der Waals surface area contributed by atoms with Crippen molar-refractivity contribution in [2.75, 3.05) is 7.05 Å². The highest BCUT2D eigenvalue weighted by Gasteiger charge is 2.10. The van der Waals surface area contributed by atoms with Crippen LogP contribution in [0.5, 0.6) is 0 Å². The highest BCUT2D eigenvalue weighted by atomic mass is 15.1. The molecule has 0 spiro atoms. The summed E-state index contributed by atoms with van der Waals surface area (Å²) in [5.74, 6) is 0. The number of hydrogen-bond acceptors (Lipinski definition) is 2. The Morgan fingerprint density at radius 3 is 2.50 bits per heavy atom. The zero-order chi connectivity index (χ0) is 11.5. The highest BCUT2D eigenvalue weighted by Crippen LogP contribution is 2.23. The Kier molecular flexibility index (Phi) is 3.06. The van der Waals surface area contributed by atoms with Gasteiger partial charge >= 0.3 is 0 Å². The van der Waals surface area contributed by atoms with Crippen LogP contribution in [0.2, 0.25) is 0 Å². The maximum atomic E-state index is 4.37. The van der Waals surface area contributed by atoms with Gasteiger partial charge in [0.2, 0.25) is 0 Å². The van der Waals surface area contributed by atoms with E-state index in [2.05, 4.69) is 53.6 Å². The van der Waals surface area contributed by atoms with E-state index in [0.29, 0.717) is 0 Å². The largest absolute Gasteiger partial charge is 0.316 e. The predicted molar refractivity (Wildman–Crippen MR) is 66.3 cm³/mol. The molecule has 2 aromatic rings. The van der Waals surface area contributed by atoms with E-state index in [4.69, 9.17) is 0 Å². The number of aromatic amines is 1. The molecular formula is C13H17N3. The standard InChI is InChI=1S/C13H17N3/c1-9-4-6-11(7-5-9)13-12(8-14-3)10(2)15-16-13/h4-7,14H,8H2,1-3H3,(H,15,16). The summed E-state index contributed by atoms with van der Waals surface area (Å²) in [6.45, 7) is 4.98. The molecular weight excluding hydrogens is 198 g/mol. The van der Waals surface area contributed by atoms with Gasteiger partial charge in [0.15, 0.2) is 0 Å². The number of hydrogen-bond donors (Lipinski definition) is 2. The number of aryl methyl sites for hydroxylation is 2. The van der Waals surface area contributed by atoms with Crippen LogP contribution in [0.25, 0.3) is 11.3 Å². The average molecular weight is 215 g/mol. The van der Waals surface area contributed by atoms with Crippen molar-refractivity contribution < 1.29 is 0 Å². The summed E-state index contributed by atoms with van der Waals surface area (Å²) in [5.41, 5.74) is 5.86. The molecule has 0 amide bonds. The Morgan fingerprint density at radius 1 is 1.19 bits per heavy atom. The van der Waals surface area contributed by atoms with Crippen LogP contribution in [0.3, 0.4) is 0 Å². The Morgan fingerprint density at radius 2 is 1.88 bits per heavy atom.